The molecule has 0 aliphatic carbocycles. The van der Waals surface area contributed by atoms with Crippen LogP contribution in [0.3, 0.4) is 0 Å². The van der Waals surface area contributed by atoms with E-state index in [1.54, 1.807) is 4.57 Å². The summed E-state index contributed by atoms with van der Waals surface area (Å²) in [6, 6.07) is 7.84. The molecule has 2 aromatic heterocycles. The van der Waals surface area contributed by atoms with Gasteiger partial charge in [-0.3, -0.25) is 9.36 Å². The number of rotatable bonds is 1. The average molecular weight is 359 g/mol. The van der Waals surface area contributed by atoms with Crippen molar-refractivity contribution in [3.8, 4) is 11.4 Å². The van der Waals surface area contributed by atoms with Crippen LogP contribution >= 0.6 is 15.9 Å². The first-order chi connectivity index (χ1) is 10.7. The van der Waals surface area contributed by atoms with Crippen molar-refractivity contribution < 1.29 is 0 Å². The molecule has 0 spiro atoms. The Bertz CT molecular complexity index is 895. The van der Waals surface area contributed by atoms with Crippen molar-refractivity contribution >= 4 is 27.1 Å². The molecule has 1 aromatic carbocycles. The largest absolute Gasteiger partial charge is 0.332 e. The maximum atomic E-state index is 12.7. The quantitative estimate of drug-likeness (QED) is 0.725. The summed E-state index contributed by atoms with van der Waals surface area (Å²) in [5.41, 5.74) is 1.97. The molecule has 1 aliphatic heterocycles. The SMILES string of the molecule is O=c1c2[nH]c(-c3ccc(Br)cc3)nc2nc2n1CCCCC2. The Kier molecular flexibility index (Phi) is 3.33. The third-order valence-electron chi connectivity index (χ3n) is 4.09. The summed E-state index contributed by atoms with van der Waals surface area (Å²) in [4.78, 5) is 24.9. The minimum absolute atomic E-state index is 0.00207. The number of hydrogen-bond donors (Lipinski definition) is 1. The molecule has 0 fully saturated rings. The van der Waals surface area contributed by atoms with Crippen LogP contribution in [0, 0.1) is 0 Å². The monoisotopic (exact) mass is 358 g/mol. The van der Waals surface area contributed by atoms with Gasteiger partial charge in [-0.25, -0.2) is 9.97 Å². The zero-order valence-electron chi connectivity index (χ0n) is 12.0. The Hall–Kier alpha value is -1.95. The lowest BCUT2D eigenvalue weighted by molar-refractivity contribution is 0.613. The molecule has 22 heavy (non-hydrogen) atoms. The predicted molar refractivity (Wildman–Crippen MR) is 88.8 cm³/mol. The highest BCUT2D eigenvalue weighted by atomic mass is 79.9. The molecule has 5 nitrogen and oxygen atoms in total. The van der Waals surface area contributed by atoms with Gasteiger partial charge in [-0.1, -0.05) is 34.5 Å². The second-order valence-electron chi connectivity index (χ2n) is 5.59. The summed E-state index contributed by atoms with van der Waals surface area (Å²) < 4.78 is 2.82. The summed E-state index contributed by atoms with van der Waals surface area (Å²) in [7, 11) is 0. The molecule has 0 amide bonds. The van der Waals surface area contributed by atoms with E-state index in [2.05, 4.69) is 30.9 Å². The molecule has 4 rings (SSSR count). The van der Waals surface area contributed by atoms with Crippen LogP contribution in [0.15, 0.2) is 33.5 Å². The predicted octanol–water partition coefficient (Wildman–Crippen LogP) is 3.28. The van der Waals surface area contributed by atoms with Crippen molar-refractivity contribution in [3.63, 3.8) is 0 Å². The normalized spacial score (nSPS) is 14.8. The molecular formula is C16H15BrN4O. The number of nitrogens with zero attached hydrogens (tertiary/aromatic N) is 3. The number of H-pyrrole nitrogens is 1. The van der Waals surface area contributed by atoms with Crippen molar-refractivity contribution in [2.24, 2.45) is 0 Å². The second kappa shape index (κ2) is 5.35. The van der Waals surface area contributed by atoms with Gasteiger partial charge < -0.3 is 4.98 Å². The number of halogens is 1. The lowest BCUT2D eigenvalue weighted by Gasteiger charge is -2.06. The van der Waals surface area contributed by atoms with Crippen LogP contribution in [0.2, 0.25) is 0 Å². The van der Waals surface area contributed by atoms with E-state index in [1.165, 1.54) is 0 Å². The van der Waals surface area contributed by atoms with Crippen molar-refractivity contribution in [3.05, 3.63) is 44.9 Å². The molecule has 0 atom stereocenters. The van der Waals surface area contributed by atoms with Gasteiger partial charge >= 0.3 is 0 Å². The van der Waals surface area contributed by atoms with E-state index in [4.69, 9.17) is 0 Å². The molecular weight excluding hydrogens is 344 g/mol. The third-order valence-corrected chi connectivity index (χ3v) is 4.62. The van der Waals surface area contributed by atoms with Crippen LogP contribution in [-0.4, -0.2) is 19.5 Å². The number of aromatic nitrogens is 4. The molecule has 0 saturated carbocycles. The zero-order valence-corrected chi connectivity index (χ0v) is 13.6. The highest BCUT2D eigenvalue weighted by Gasteiger charge is 2.17. The first kappa shape index (κ1) is 13.7. The number of fused-ring (bicyclic) bond motifs is 2. The molecule has 0 radical (unpaired) electrons. The van der Waals surface area contributed by atoms with Gasteiger partial charge in [0.05, 0.1) is 0 Å². The van der Waals surface area contributed by atoms with Crippen molar-refractivity contribution in [2.45, 2.75) is 32.2 Å². The standard InChI is InChI=1S/C16H15BrN4O/c17-11-7-5-10(6-8-11)14-19-13-15(20-14)18-12-4-2-1-3-9-21(12)16(13)22/h5-8H,1-4,9H2,(H,19,20). The fourth-order valence-electron chi connectivity index (χ4n) is 2.92. The number of nitrogens with one attached hydrogen (secondary N) is 1. The smallest absolute Gasteiger partial charge is 0.279 e. The summed E-state index contributed by atoms with van der Waals surface area (Å²) in [5.74, 6) is 1.55. The third kappa shape index (κ3) is 2.27. The minimum Gasteiger partial charge on any atom is -0.332 e. The van der Waals surface area contributed by atoms with Crippen LogP contribution in [0.1, 0.15) is 25.1 Å². The second-order valence-corrected chi connectivity index (χ2v) is 6.50. The summed E-state index contributed by atoms with van der Waals surface area (Å²) in [5, 5.41) is 0. The Morgan fingerprint density at radius 1 is 1.09 bits per heavy atom. The number of imidazole rings is 1. The molecule has 0 unspecified atom stereocenters. The molecule has 1 aliphatic rings. The van der Waals surface area contributed by atoms with Crippen molar-refractivity contribution in [2.75, 3.05) is 0 Å². The number of aryl methyl sites for hydroxylation is 1. The first-order valence-electron chi connectivity index (χ1n) is 7.48. The van der Waals surface area contributed by atoms with E-state index >= 15 is 0 Å². The Morgan fingerprint density at radius 2 is 1.91 bits per heavy atom. The molecule has 0 bridgehead atoms. The summed E-state index contributed by atoms with van der Waals surface area (Å²) >= 11 is 3.42. The fraction of sp³-hybridized carbons (Fsp3) is 0.312. The van der Waals surface area contributed by atoms with Gasteiger partial charge in [0, 0.05) is 23.0 Å². The van der Waals surface area contributed by atoms with Crippen LogP contribution in [0.5, 0.6) is 0 Å². The topological polar surface area (TPSA) is 63.6 Å². The highest BCUT2D eigenvalue weighted by molar-refractivity contribution is 9.10. The van der Waals surface area contributed by atoms with Gasteiger partial charge in [0.25, 0.3) is 5.56 Å². The van der Waals surface area contributed by atoms with Gasteiger partial charge in [0.2, 0.25) is 0 Å². The van der Waals surface area contributed by atoms with Crippen molar-refractivity contribution in [1.82, 2.24) is 19.5 Å². The molecule has 6 heteroatoms. The molecule has 0 saturated heterocycles. The fourth-order valence-corrected chi connectivity index (χ4v) is 3.19. The van der Waals surface area contributed by atoms with E-state index in [-0.39, 0.29) is 5.56 Å². The summed E-state index contributed by atoms with van der Waals surface area (Å²) in [6.45, 7) is 0.754. The van der Waals surface area contributed by atoms with Crippen LogP contribution in [0.4, 0.5) is 0 Å². The van der Waals surface area contributed by atoms with Gasteiger partial charge in [-0.2, -0.15) is 0 Å². The highest BCUT2D eigenvalue weighted by Crippen LogP contribution is 2.21. The average Bonchev–Trinajstić information content (AvgIpc) is 2.80. The van der Waals surface area contributed by atoms with E-state index in [9.17, 15) is 4.79 Å². The maximum Gasteiger partial charge on any atom is 0.279 e. The minimum atomic E-state index is -0.00207. The number of aromatic amines is 1. The van der Waals surface area contributed by atoms with Crippen LogP contribution in [-0.2, 0) is 13.0 Å². The van der Waals surface area contributed by atoms with Gasteiger partial charge in [0.1, 0.15) is 11.6 Å². The molecule has 112 valence electrons. The molecule has 1 N–H and O–H groups in total. The zero-order chi connectivity index (χ0) is 15.1. The lowest BCUT2D eigenvalue weighted by Crippen LogP contribution is -2.24. The van der Waals surface area contributed by atoms with E-state index in [0.29, 0.717) is 17.0 Å². The Morgan fingerprint density at radius 3 is 2.73 bits per heavy atom. The Balaban J connectivity index is 1.89. The Labute approximate surface area is 135 Å². The molecule has 3 aromatic rings. The van der Waals surface area contributed by atoms with Crippen molar-refractivity contribution in [1.29, 1.82) is 0 Å². The van der Waals surface area contributed by atoms with Gasteiger partial charge in [-0.05, 0) is 25.0 Å². The van der Waals surface area contributed by atoms with E-state index < -0.39 is 0 Å². The lowest BCUT2D eigenvalue weighted by atomic mass is 10.2. The van der Waals surface area contributed by atoms with Gasteiger partial charge in [-0.15, -0.1) is 0 Å². The van der Waals surface area contributed by atoms with Gasteiger partial charge in [0.15, 0.2) is 11.2 Å². The number of benzene rings is 1. The maximum absolute atomic E-state index is 12.7. The number of hydrogen-bond acceptors (Lipinski definition) is 3. The van der Waals surface area contributed by atoms with Crippen LogP contribution in [0.25, 0.3) is 22.6 Å². The first-order valence-corrected chi connectivity index (χ1v) is 8.27. The van der Waals surface area contributed by atoms with Crippen LogP contribution < -0.4 is 5.56 Å². The van der Waals surface area contributed by atoms with E-state index in [1.807, 2.05) is 24.3 Å². The molecule has 3 heterocycles. The van der Waals surface area contributed by atoms with E-state index in [0.717, 1.165) is 48.1 Å². The summed E-state index contributed by atoms with van der Waals surface area (Å²) in [6.07, 6.45) is 4.12.